The minimum absolute atomic E-state index is 0.101. The van der Waals surface area contributed by atoms with Crippen LogP contribution in [0.1, 0.15) is 106 Å². The first-order valence-electron chi connectivity index (χ1n) is 14.2. The van der Waals surface area contributed by atoms with Gasteiger partial charge in [0.25, 0.3) is 0 Å². The van der Waals surface area contributed by atoms with Gasteiger partial charge in [0.15, 0.2) is 0 Å². The predicted octanol–water partition coefficient (Wildman–Crippen LogP) is 4.69. The van der Waals surface area contributed by atoms with Crippen LogP contribution in [0.4, 0.5) is 4.39 Å². The van der Waals surface area contributed by atoms with Crippen LogP contribution in [0.5, 0.6) is 0 Å². The molecule has 0 spiro atoms. The lowest BCUT2D eigenvalue weighted by Gasteiger charge is -2.37. The molecule has 40 heavy (non-hydrogen) atoms. The van der Waals surface area contributed by atoms with Crippen molar-refractivity contribution in [3.63, 3.8) is 0 Å². The zero-order chi connectivity index (χ0) is 30.1. The number of carbonyl (C=O) groups is 1. The Labute approximate surface area is 239 Å². The van der Waals surface area contributed by atoms with Gasteiger partial charge in [-0.3, -0.25) is 0 Å². The molecular formula is C28H44B3FO8. The fraction of sp³-hybridized carbons (Fsp3) is 0.750. The van der Waals surface area contributed by atoms with E-state index < -0.39 is 72.6 Å². The summed E-state index contributed by atoms with van der Waals surface area (Å²) in [5.41, 5.74) is -2.99. The number of halogens is 1. The van der Waals surface area contributed by atoms with Crippen LogP contribution in [0.2, 0.25) is 0 Å². The van der Waals surface area contributed by atoms with E-state index in [2.05, 4.69) is 0 Å². The van der Waals surface area contributed by atoms with Gasteiger partial charge < -0.3 is 32.7 Å². The molecule has 1 aromatic carbocycles. The molecule has 2 unspecified atom stereocenters. The molecule has 220 valence electrons. The highest BCUT2D eigenvalue weighted by atomic mass is 19.1. The topological polar surface area (TPSA) is 81.7 Å². The van der Waals surface area contributed by atoms with Crippen LogP contribution in [0.25, 0.3) is 0 Å². The average molecular weight is 560 g/mol. The number of hydrogen-bond acceptors (Lipinski definition) is 8. The van der Waals surface area contributed by atoms with Crippen molar-refractivity contribution in [3.05, 3.63) is 29.6 Å². The molecule has 4 rings (SSSR count). The molecule has 0 aliphatic carbocycles. The summed E-state index contributed by atoms with van der Waals surface area (Å²) in [5, 5.41) is 0. The molecule has 0 amide bonds. The summed E-state index contributed by atoms with van der Waals surface area (Å²) in [5.74, 6) is -1.18. The highest BCUT2D eigenvalue weighted by Crippen LogP contribution is 2.45. The highest BCUT2D eigenvalue weighted by molar-refractivity contribution is 7.11. The Morgan fingerprint density at radius 2 is 1.23 bits per heavy atom. The van der Waals surface area contributed by atoms with Crippen LogP contribution in [-0.4, -0.2) is 66.8 Å². The van der Waals surface area contributed by atoms with E-state index in [1.165, 1.54) is 6.07 Å². The molecule has 0 N–H and O–H groups in total. The van der Waals surface area contributed by atoms with Gasteiger partial charge in [0.05, 0.1) is 45.3 Å². The second-order valence-electron chi connectivity index (χ2n) is 14.1. The van der Waals surface area contributed by atoms with Gasteiger partial charge in [-0.25, -0.2) is 9.18 Å². The van der Waals surface area contributed by atoms with Crippen molar-refractivity contribution in [2.75, 3.05) is 0 Å². The Kier molecular flexibility index (Phi) is 7.95. The molecule has 3 saturated heterocycles. The van der Waals surface area contributed by atoms with E-state index in [1.807, 2.05) is 83.1 Å². The standard InChI is InChI=1S/C28H44B3FO8/c1-18(13-14-28(12)27(10,11)39-31(40-28)30-37-25(6,7)26(8,9)38-30)34-22(33)19-15-20(17-21(32)16-19)29-35-23(2,3)24(4,5)36-29/h15-18H,13-14H2,1-12H3. The number of hydrogen-bond donors (Lipinski definition) is 0. The van der Waals surface area contributed by atoms with Crippen molar-refractivity contribution in [1.29, 1.82) is 0 Å². The first-order chi connectivity index (χ1) is 18.1. The fourth-order valence-electron chi connectivity index (χ4n) is 4.94. The number of rotatable bonds is 7. The molecule has 0 radical (unpaired) electrons. The van der Waals surface area contributed by atoms with Crippen LogP contribution in [0.15, 0.2) is 18.2 Å². The summed E-state index contributed by atoms with van der Waals surface area (Å²) in [6.45, 7) is 23.3. The molecule has 3 fully saturated rings. The van der Waals surface area contributed by atoms with Gasteiger partial charge >= 0.3 is 27.1 Å². The molecule has 3 aliphatic rings. The first-order valence-corrected chi connectivity index (χ1v) is 14.2. The molecular weight excluding hydrogens is 516 g/mol. The molecule has 12 heteroatoms. The van der Waals surface area contributed by atoms with Crippen molar-refractivity contribution in [2.45, 2.75) is 136 Å². The van der Waals surface area contributed by atoms with Gasteiger partial charge in [-0.1, -0.05) is 0 Å². The summed E-state index contributed by atoms with van der Waals surface area (Å²) >= 11 is 0. The summed E-state index contributed by atoms with van der Waals surface area (Å²) in [6, 6.07) is 4.05. The Morgan fingerprint density at radius 3 is 1.77 bits per heavy atom. The lowest BCUT2D eigenvalue weighted by molar-refractivity contribution is -0.0269. The SMILES string of the molecule is CC(CCC1(C)OB(B2OC(C)(C)C(C)(C)O2)OC1(C)C)OC(=O)c1cc(F)cc(B2OC(C)(C)C(C)(C)O2)c1. The third-order valence-electron chi connectivity index (χ3n) is 9.57. The van der Waals surface area contributed by atoms with Gasteiger partial charge in [0.2, 0.25) is 0 Å². The Bertz CT molecular complexity index is 1110. The third-order valence-corrected chi connectivity index (χ3v) is 9.57. The van der Waals surface area contributed by atoms with E-state index in [0.29, 0.717) is 18.3 Å². The number of carbonyl (C=O) groups excluding carboxylic acids is 1. The average Bonchev–Trinajstić information content (AvgIpc) is 3.27. The van der Waals surface area contributed by atoms with E-state index >= 15 is 0 Å². The maximum Gasteiger partial charge on any atom is 0.494 e. The normalized spacial score (nSPS) is 28.7. The molecule has 0 bridgehead atoms. The smallest absolute Gasteiger partial charge is 0.459 e. The van der Waals surface area contributed by atoms with Crippen molar-refractivity contribution in [3.8, 4) is 0 Å². The van der Waals surface area contributed by atoms with E-state index in [9.17, 15) is 9.18 Å². The number of benzene rings is 1. The molecule has 3 heterocycles. The second kappa shape index (κ2) is 10.1. The van der Waals surface area contributed by atoms with Crippen molar-refractivity contribution >= 4 is 32.6 Å². The predicted molar refractivity (Wildman–Crippen MR) is 153 cm³/mol. The van der Waals surface area contributed by atoms with Gasteiger partial charge in [0.1, 0.15) is 5.82 Å². The minimum atomic E-state index is -0.789. The van der Waals surface area contributed by atoms with Crippen LogP contribution >= 0.6 is 0 Å². The van der Waals surface area contributed by atoms with Gasteiger partial charge in [-0.05, 0) is 120 Å². The van der Waals surface area contributed by atoms with Gasteiger partial charge in [0, 0.05) is 0 Å². The zero-order valence-corrected chi connectivity index (χ0v) is 26.1. The number of esters is 1. The van der Waals surface area contributed by atoms with Crippen LogP contribution in [0, 0.1) is 5.82 Å². The van der Waals surface area contributed by atoms with Crippen LogP contribution in [0.3, 0.4) is 0 Å². The summed E-state index contributed by atoms with van der Waals surface area (Å²) < 4.78 is 57.3. The van der Waals surface area contributed by atoms with E-state index in [1.54, 1.807) is 6.07 Å². The minimum Gasteiger partial charge on any atom is -0.459 e. The van der Waals surface area contributed by atoms with Crippen molar-refractivity contribution < 1.29 is 41.8 Å². The molecule has 3 aliphatic heterocycles. The number of ether oxygens (including phenoxy) is 1. The molecule has 0 aromatic heterocycles. The Balaban J connectivity index is 1.38. The van der Waals surface area contributed by atoms with Crippen molar-refractivity contribution in [1.82, 2.24) is 0 Å². The summed E-state index contributed by atoms with van der Waals surface area (Å²) in [7, 11) is -2.14. The lowest BCUT2D eigenvalue weighted by Crippen LogP contribution is -2.45. The van der Waals surface area contributed by atoms with Gasteiger partial charge in [-0.15, -0.1) is 0 Å². The fourth-order valence-corrected chi connectivity index (χ4v) is 4.94. The maximum atomic E-state index is 14.5. The van der Waals surface area contributed by atoms with Crippen LogP contribution in [-0.2, 0) is 32.7 Å². The molecule has 1 aromatic rings. The lowest BCUT2D eigenvalue weighted by atomic mass is 9.49. The van der Waals surface area contributed by atoms with E-state index in [4.69, 9.17) is 32.7 Å². The van der Waals surface area contributed by atoms with E-state index in [0.717, 1.165) is 6.07 Å². The van der Waals surface area contributed by atoms with Gasteiger partial charge in [-0.2, -0.15) is 0 Å². The summed E-state index contributed by atoms with van der Waals surface area (Å²) in [6.07, 6.45) is 0.597. The quantitative estimate of drug-likeness (QED) is 0.351. The van der Waals surface area contributed by atoms with E-state index in [-0.39, 0.29) is 5.56 Å². The summed E-state index contributed by atoms with van der Waals surface area (Å²) in [4.78, 5) is 13.0. The first kappa shape index (κ1) is 31.5. The Morgan fingerprint density at radius 1 is 0.750 bits per heavy atom. The Hall–Kier alpha value is -1.43. The zero-order valence-electron chi connectivity index (χ0n) is 26.1. The largest absolute Gasteiger partial charge is 0.494 e. The molecule has 0 saturated carbocycles. The third kappa shape index (κ3) is 5.77. The molecule has 2 atom stereocenters. The second-order valence-corrected chi connectivity index (χ2v) is 14.1. The highest BCUT2D eigenvalue weighted by Gasteiger charge is 2.64. The van der Waals surface area contributed by atoms with Crippen molar-refractivity contribution in [2.24, 2.45) is 0 Å². The maximum absolute atomic E-state index is 14.5. The van der Waals surface area contributed by atoms with Crippen LogP contribution < -0.4 is 5.46 Å². The monoisotopic (exact) mass is 560 g/mol. The molecule has 8 nitrogen and oxygen atoms in total.